The lowest BCUT2D eigenvalue weighted by Gasteiger charge is -2.29. The number of ether oxygens (including phenoxy) is 1. The van der Waals surface area contributed by atoms with Gasteiger partial charge in [-0.25, -0.2) is 4.98 Å². The van der Waals surface area contributed by atoms with Gasteiger partial charge in [0.05, 0.1) is 7.11 Å². The molecule has 3 N–H and O–H groups in total. The molecule has 0 radical (unpaired) electrons. The Morgan fingerprint density at radius 2 is 2.09 bits per heavy atom. The van der Waals surface area contributed by atoms with Crippen molar-refractivity contribution in [3.8, 4) is 17.7 Å². The number of imide groups is 1. The molecule has 9 heteroatoms. The largest absolute Gasteiger partial charge is 0.481 e. The van der Waals surface area contributed by atoms with Crippen LogP contribution in [0.15, 0.2) is 30.3 Å². The van der Waals surface area contributed by atoms with E-state index in [0.29, 0.717) is 41.8 Å². The van der Waals surface area contributed by atoms with Crippen molar-refractivity contribution in [2.45, 2.75) is 38.3 Å². The number of methoxy groups -OCH3 is 1. The number of rotatable bonds is 5. The number of pyridine rings is 1. The number of piperidine rings is 1. The summed E-state index contributed by atoms with van der Waals surface area (Å²) in [6.45, 7) is 0.263. The number of hydrogen-bond acceptors (Lipinski definition) is 6. The zero-order valence-electron chi connectivity index (χ0n) is 18.0. The quantitative estimate of drug-likeness (QED) is 0.519. The third kappa shape index (κ3) is 4.41. The maximum atomic E-state index is 12.9. The number of carbonyl (C=O) groups excluding carboxylic acids is 4. The van der Waals surface area contributed by atoms with Crippen molar-refractivity contribution in [2.24, 2.45) is 5.73 Å². The standard InChI is InChI=1S/C24H22N4O5/c1-33-20-12-9-15(21(27-20)22(25)30)6-3-2-5-14-7-4-8-16-17(14)13-28(24(16)32)18-10-11-19(29)26-23(18)31/h4,7-9,12,18H,3,6,10-11,13H2,1H3,(H2,25,30)(H,26,29,31). The fraction of sp³-hybridized carbons (Fsp3) is 0.292. The van der Waals surface area contributed by atoms with Crippen molar-refractivity contribution in [2.75, 3.05) is 7.11 Å². The molecule has 0 spiro atoms. The van der Waals surface area contributed by atoms with Crippen molar-refractivity contribution >= 4 is 23.6 Å². The van der Waals surface area contributed by atoms with Crippen molar-refractivity contribution < 1.29 is 23.9 Å². The first-order valence-electron chi connectivity index (χ1n) is 10.5. The normalized spacial score (nSPS) is 17.2. The van der Waals surface area contributed by atoms with E-state index in [1.807, 2.05) is 6.07 Å². The molecule has 1 aromatic heterocycles. The Balaban J connectivity index is 1.49. The van der Waals surface area contributed by atoms with Gasteiger partial charge in [0.15, 0.2) is 0 Å². The number of aromatic nitrogens is 1. The van der Waals surface area contributed by atoms with Crippen LogP contribution in [0.4, 0.5) is 0 Å². The minimum absolute atomic E-state index is 0.155. The molecule has 4 rings (SSSR count). The van der Waals surface area contributed by atoms with E-state index < -0.39 is 17.9 Å². The predicted octanol–water partition coefficient (Wildman–Crippen LogP) is 0.934. The van der Waals surface area contributed by atoms with Crippen molar-refractivity contribution in [1.29, 1.82) is 0 Å². The van der Waals surface area contributed by atoms with E-state index in [0.717, 1.165) is 5.56 Å². The highest BCUT2D eigenvalue weighted by Gasteiger charge is 2.39. The van der Waals surface area contributed by atoms with E-state index >= 15 is 0 Å². The molecule has 168 valence electrons. The second-order valence-electron chi connectivity index (χ2n) is 7.76. The minimum atomic E-state index is -0.668. The molecular weight excluding hydrogens is 424 g/mol. The molecule has 3 heterocycles. The second-order valence-corrected chi connectivity index (χ2v) is 7.76. The Hall–Kier alpha value is -4.19. The number of amides is 4. The second kappa shape index (κ2) is 9.12. The molecule has 2 aliphatic heterocycles. The Labute approximate surface area is 190 Å². The summed E-state index contributed by atoms with van der Waals surface area (Å²) in [5.41, 5.74) is 8.24. The van der Waals surface area contributed by atoms with Crippen LogP contribution in [0.2, 0.25) is 0 Å². The molecule has 1 atom stereocenters. The highest BCUT2D eigenvalue weighted by atomic mass is 16.5. The monoisotopic (exact) mass is 446 g/mol. The minimum Gasteiger partial charge on any atom is -0.481 e. The average molecular weight is 446 g/mol. The van der Waals surface area contributed by atoms with E-state index in [1.54, 1.807) is 24.3 Å². The van der Waals surface area contributed by atoms with Gasteiger partial charge in [0.1, 0.15) is 11.7 Å². The summed E-state index contributed by atoms with van der Waals surface area (Å²) in [6.07, 6.45) is 1.43. The molecule has 2 aliphatic rings. The molecule has 0 aliphatic carbocycles. The topological polar surface area (TPSA) is 132 Å². The molecule has 2 aromatic rings. The summed E-state index contributed by atoms with van der Waals surface area (Å²) < 4.78 is 5.04. The summed E-state index contributed by atoms with van der Waals surface area (Å²) in [4.78, 5) is 53.9. The van der Waals surface area contributed by atoms with E-state index in [2.05, 4.69) is 22.1 Å². The number of benzene rings is 1. The van der Waals surface area contributed by atoms with Crippen LogP contribution in [0.5, 0.6) is 5.88 Å². The van der Waals surface area contributed by atoms with Gasteiger partial charge in [0, 0.05) is 36.6 Å². The molecule has 1 fully saturated rings. The van der Waals surface area contributed by atoms with Crippen LogP contribution >= 0.6 is 0 Å². The SMILES string of the molecule is COc1ccc(CCC#Cc2cccc3c2CN(C2CCC(=O)NC2=O)C3=O)c(C(N)=O)n1. The molecule has 0 saturated carbocycles. The predicted molar refractivity (Wildman–Crippen MR) is 117 cm³/mol. The van der Waals surface area contributed by atoms with E-state index in [9.17, 15) is 19.2 Å². The van der Waals surface area contributed by atoms with Crippen molar-refractivity contribution in [1.82, 2.24) is 15.2 Å². The summed E-state index contributed by atoms with van der Waals surface area (Å²) in [5, 5.41) is 2.30. The lowest BCUT2D eigenvalue weighted by Crippen LogP contribution is -2.52. The Morgan fingerprint density at radius 3 is 2.82 bits per heavy atom. The van der Waals surface area contributed by atoms with Gasteiger partial charge < -0.3 is 15.4 Å². The highest BCUT2D eigenvalue weighted by Crippen LogP contribution is 2.29. The number of primary amides is 1. The fourth-order valence-corrected chi connectivity index (χ4v) is 4.06. The number of nitrogens with zero attached hydrogens (tertiary/aromatic N) is 2. The first kappa shape index (κ1) is 22.0. The Kier molecular flexibility index (Phi) is 6.09. The summed E-state index contributed by atoms with van der Waals surface area (Å²) >= 11 is 0. The van der Waals surface area contributed by atoms with Gasteiger partial charge in [0.25, 0.3) is 11.8 Å². The third-order valence-electron chi connectivity index (χ3n) is 5.72. The molecule has 0 bridgehead atoms. The van der Waals surface area contributed by atoms with E-state index in [-0.39, 0.29) is 30.5 Å². The lowest BCUT2D eigenvalue weighted by atomic mass is 10.0. The third-order valence-corrected chi connectivity index (χ3v) is 5.72. The van der Waals surface area contributed by atoms with Crippen LogP contribution in [0.25, 0.3) is 0 Å². The van der Waals surface area contributed by atoms with Gasteiger partial charge in [-0.15, -0.1) is 0 Å². The average Bonchev–Trinajstić information content (AvgIpc) is 3.13. The molecule has 1 unspecified atom stereocenters. The number of fused-ring (bicyclic) bond motifs is 1. The van der Waals surface area contributed by atoms with E-state index in [4.69, 9.17) is 10.5 Å². The smallest absolute Gasteiger partial charge is 0.267 e. The first-order valence-corrected chi connectivity index (χ1v) is 10.5. The zero-order chi connectivity index (χ0) is 23.5. The Bertz CT molecular complexity index is 1230. The van der Waals surface area contributed by atoms with Crippen LogP contribution in [0.1, 0.15) is 56.8 Å². The van der Waals surface area contributed by atoms with Gasteiger partial charge in [-0.2, -0.15) is 0 Å². The van der Waals surface area contributed by atoms with Gasteiger partial charge in [-0.05, 0) is 36.1 Å². The number of hydrogen-bond donors (Lipinski definition) is 2. The number of nitrogens with two attached hydrogens (primary N) is 1. The van der Waals surface area contributed by atoms with E-state index in [1.165, 1.54) is 12.0 Å². The molecule has 1 aromatic carbocycles. The Morgan fingerprint density at radius 1 is 1.27 bits per heavy atom. The molecule has 33 heavy (non-hydrogen) atoms. The molecular formula is C24H22N4O5. The molecule has 9 nitrogen and oxygen atoms in total. The maximum absolute atomic E-state index is 12.9. The van der Waals surface area contributed by atoms with Crippen LogP contribution in [-0.2, 0) is 22.6 Å². The summed E-state index contributed by atoms with van der Waals surface area (Å²) in [7, 11) is 1.46. The van der Waals surface area contributed by atoms with Gasteiger partial charge in [-0.1, -0.05) is 24.0 Å². The lowest BCUT2D eigenvalue weighted by molar-refractivity contribution is -0.136. The first-order chi connectivity index (χ1) is 15.9. The van der Waals surface area contributed by atoms with Crippen LogP contribution in [0.3, 0.4) is 0 Å². The molecule has 4 amide bonds. The van der Waals surface area contributed by atoms with Gasteiger partial charge in [-0.3, -0.25) is 24.5 Å². The molecule has 1 saturated heterocycles. The fourth-order valence-electron chi connectivity index (χ4n) is 4.06. The van der Waals surface area contributed by atoms with Gasteiger partial charge in [0.2, 0.25) is 17.7 Å². The van der Waals surface area contributed by atoms with Crippen molar-refractivity contribution in [3.05, 3.63) is 58.3 Å². The van der Waals surface area contributed by atoms with Crippen molar-refractivity contribution in [3.63, 3.8) is 0 Å². The number of aryl methyl sites for hydroxylation is 1. The maximum Gasteiger partial charge on any atom is 0.267 e. The summed E-state index contributed by atoms with van der Waals surface area (Å²) in [5.74, 6) is 4.86. The van der Waals surface area contributed by atoms with Gasteiger partial charge >= 0.3 is 0 Å². The zero-order valence-corrected chi connectivity index (χ0v) is 18.0. The summed E-state index contributed by atoms with van der Waals surface area (Å²) in [6, 6.07) is 8.04. The van der Waals surface area contributed by atoms with Crippen LogP contribution < -0.4 is 15.8 Å². The van der Waals surface area contributed by atoms with Crippen LogP contribution in [-0.4, -0.2) is 46.7 Å². The number of carbonyl (C=O) groups is 4. The van der Waals surface area contributed by atoms with Crippen LogP contribution in [0, 0.1) is 11.8 Å². The highest BCUT2D eigenvalue weighted by molar-refractivity contribution is 6.05. The number of nitrogens with one attached hydrogen (secondary N) is 1.